The zero-order valence-corrected chi connectivity index (χ0v) is 27.3. The summed E-state index contributed by atoms with van der Waals surface area (Å²) in [7, 11) is 0. The molecule has 46 heavy (non-hydrogen) atoms. The lowest BCUT2D eigenvalue weighted by atomic mass is 9.49. The van der Waals surface area contributed by atoms with E-state index in [0.717, 1.165) is 18.4 Å². The van der Waals surface area contributed by atoms with Crippen molar-refractivity contribution in [3.8, 4) is 17.6 Å². The fourth-order valence-electron chi connectivity index (χ4n) is 7.08. The summed E-state index contributed by atoms with van der Waals surface area (Å²) in [6, 6.07) is 21.9. The smallest absolute Gasteiger partial charge is 0.251 e. The molecule has 1 fully saturated rings. The van der Waals surface area contributed by atoms with Gasteiger partial charge < -0.3 is 29.6 Å². The highest BCUT2D eigenvalue weighted by Crippen LogP contribution is 2.55. The molecule has 0 saturated heterocycles. The molecule has 0 spiro atoms. The Morgan fingerprint density at radius 1 is 0.978 bits per heavy atom. The minimum absolute atomic E-state index is 0.122. The molecule has 0 radical (unpaired) electrons. The van der Waals surface area contributed by atoms with Crippen molar-refractivity contribution in [3.05, 3.63) is 94.0 Å². The summed E-state index contributed by atoms with van der Waals surface area (Å²) in [6.45, 7) is 9.83. The summed E-state index contributed by atoms with van der Waals surface area (Å²) in [5.41, 5.74) is 2.50. The lowest BCUT2D eigenvalue weighted by molar-refractivity contribution is -0.164. The molecule has 2 atom stereocenters. The highest BCUT2D eigenvalue weighted by Gasteiger charge is 2.64. The van der Waals surface area contributed by atoms with Crippen molar-refractivity contribution in [1.82, 2.24) is 10.6 Å². The van der Waals surface area contributed by atoms with E-state index in [1.165, 1.54) is 5.56 Å². The van der Waals surface area contributed by atoms with Crippen LogP contribution in [0.15, 0.2) is 66.7 Å². The Morgan fingerprint density at radius 3 is 2.37 bits per heavy atom. The van der Waals surface area contributed by atoms with Crippen LogP contribution in [0.4, 0.5) is 0 Å². The van der Waals surface area contributed by atoms with Crippen molar-refractivity contribution >= 4 is 23.9 Å². The van der Waals surface area contributed by atoms with Crippen molar-refractivity contribution in [1.29, 1.82) is 5.26 Å². The van der Waals surface area contributed by atoms with Gasteiger partial charge in [-0.1, -0.05) is 63.6 Å². The molecule has 0 heterocycles. The molecule has 2 amide bonds. The highest BCUT2D eigenvalue weighted by molar-refractivity contribution is 6.31. The van der Waals surface area contributed by atoms with Gasteiger partial charge in [0, 0.05) is 34.9 Å². The fraction of sp³-hybridized carbons (Fsp3) is 0.417. The number of amides is 2. The SMILES string of the molecule is CC1(C)[C@H](NC(=O)c2ccc(OCCOCCO[C@@H]3Cc4ccccc4[C@@H]3NC=O)cc2)C(C)(C)[C@H]1Oc1ccc(C#N)c(Cl)c1. The van der Waals surface area contributed by atoms with Gasteiger partial charge in [-0.25, -0.2) is 0 Å². The van der Waals surface area contributed by atoms with Crippen molar-refractivity contribution < 1.29 is 28.5 Å². The summed E-state index contributed by atoms with van der Waals surface area (Å²) in [6.07, 6.45) is 1.16. The van der Waals surface area contributed by atoms with Crippen LogP contribution in [0.2, 0.25) is 5.02 Å². The summed E-state index contributed by atoms with van der Waals surface area (Å²) >= 11 is 6.20. The largest absolute Gasteiger partial charge is 0.491 e. The third-order valence-corrected chi connectivity index (χ3v) is 9.35. The van der Waals surface area contributed by atoms with E-state index in [0.29, 0.717) is 54.1 Å². The van der Waals surface area contributed by atoms with E-state index >= 15 is 0 Å². The number of hydrogen-bond donors (Lipinski definition) is 2. The number of halogens is 1. The highest BCUT2D eigenvalue weighted by atomic mass is 35.5. The second kappa shape index (κ2) is 14.1. The maximum atomic E-state index is 13.2. The number of hydrogen-bond acceptors (Lipinski definition) is 7. The Bertz CT molecular complexity index is 1570. The Morgan fingerprint density at radius 2 is 1.67 bits per heavy atom. The minimum Gasteiger partial charge on any atom is -0.491 e. The number of benzene rings is 3. The first-order valence-electron chi connectivity index (χ1n) is 15.4. The number of carbonyl (C=O) groups excluding carboxylic acids is 2. The van der Waals surface area contributed by atoms with Gasteiger partial charge in [0.2, 0.25) is 6.41 Å². The molecular formula is C36H40ClN3O6. The normalized spacial score (nSPS) is 22.1. The van der Waals surface area contributed by atoms with Crippen LogP contribution in [0.3, 0.4) is 0 Å². The monoisotopic (exact) mass is 645 g/mol. The minimum atomic E-state index is -0.357. The molecule has 9 nitrogen and oxygen atoms in total. The number of nitriles is 1. The number of nitrogens with zero attached hydrogens (tertiary/aromatic N) is 1. The second-order valence-corrected chi connectivity index (χ2v) is 13.3. The van der Waals surface area contributed by atoms with Crippen LogP contribution in [0.1, 0.15) is 60.8 Å². The first-order valence-corrected chi connectivity index (χ1v) is 15.8. The molecule has 3 aromatic rings. The third-order valence-electron chi connectivity index (χ3n) is 9.03. The van der Waals surface area contributed by atoms with Gasteiger partial charge in [0.15, 0.2) is 0 Å². The zero-order valence-electron chi connectivity index (χ0n) is 26.5. The maximum absolute atomic E-state index is 13.2. The van der Waals surface area contributed by atoms with E-state index in [1.54, 1.807) is 42.5 Å². The molecule has 2 N–H and O–H groups in total. The molecule has 3 aromatic carbocycles. The quantitative estimate of drug-likeness (QED) is 0.172. The topological polar surface area (TPSA) is 119 Å². The van der Waals surface area contributed by atoms with Crippen molar-refractivity contribution in [2.24, 2.45) is 10.8 Å². The van der Waals surface area contributed by atoms with Gasteiger partial charge >= 0.3 is 0 Å². The van der Waals surface area contributed by atoms with Gasteiger partial charge in [-0.3, -0.25) is 9.59 Å². The lowest BCUT2D eigenvalue weighted by Crippen LogP contribution is -2.74. The van der Waals surface area contributed by atoms with E-state index in [9.17, 15) is 9.59 Å². The average Bonchev–Trinajstić information content (AvgIpc) is 3.39. The molecule has 0 bridgehead atoms. The van der Waals surface area contributed by atoms with E-state index in [-0.39, 0.29) is 41.0 Å². The van der Waals surface area contributed by atoms with Gasteiger partial charge in [0.25, 0.3) is 5.91 Å². The van der Waals surface area contributed by atoms with Gasteiger partial charge in [0.1, 0.15) is 30.3 Å². The molecular weight excluding hydrogens is 606 g/mol. The predicted octanol–water partition coefficient (Wildman–Crippen LogP) is 5.65. The number of nitrogens with one attached hydrogen (secondary N) is 2. The Labute approximate surface area is 275 Å². The van der Waals surface area contributed by atoms with E-state index in [2.05, 4.69) is 50.5 Å². The molecule has 2 aliphatic carbocycles. The van der Waals surface area contributed by atoms with Crippen LogP contribution >= 0.6 is 11.6 Å². The maximum Gasteiger partial charge on any atom is 0.251 e. The number of rotatable bonds is 14. The van der Waals surface area contributed by atoms with Crippen LogP contribution in [-0.2, 0) is 20.7 Å². The molecule has 2 aliphatic rings. The fourth-order valence-corrected chi connectivity index (χ4v) is 7.29. The van der Waals surface area contributed by atoms with Gasteiger partial charge in [-0.2, -0.15) is 5.26 Å². The second-order valence-electron chi connectivity index (χ2n) is 12.9. The Balaban J connectivity index is 1.03. The summed E-state index contributed by atoms with van der Waals surface area (Å²) in [5, 5.41) is 15.6. The summed E-state index contributed by atoms with van der Waals surface area (Å²) in [5.74, 6) is 1.06. The molecule has 1 saturated carbocycles. The van der Waals surface area contributed by atoms with E-state index < -0.39 is 0 Å². The lowest BCUT2D eigenvalue weighted by Gasteiger charge is -2.63. The summed E-state index contributed by atoms with van der Waals surface area (Å²) < 4.78 is 23.8. The van der Waals surface area contributed by atoms with Gasteiger partial charge in [-0.15, -0.1) is 0 Å². The number of fused-ring (bicyclic) bond motifs is 1. The first kappa shape index (κ1) is 33.3. The van der Waals surface area contributed by atoms with Crippen LogP contribution in [-0.4, -0.2) is 57.0 Å². The van der Waals surface area contributed by atoms with Crippen molar-refractivity contribution in [2.45, 2.75) is 58.4 Å². The Hall–Kier alpha value is -4.10. The van der Waals surface area contributed by atoms with Crippen molar-refractivity contribution in [3.63, 3.8) is 0 Å². The molecule has 0 aliphatic heterocycles. The molecule has 0 aromatic heterocycles. The molecule has 10 heteroatoms. The molecule has 242 valence electrons. The zero-order chi connectivity index (χ0) is 32.9. The van der Waals surface area contributed by atoms with E-state index in [1.807, 2.05) is 18.2 Å². The number of carbonyl (C=O) groups is 2. The van der Waals surface area contributed by atoms with Gasteiger partial charge in [-0.05, 0) is 47.5 Å². The third kappa shape index (κ3) is 7.00. The van der Waals surface area contributed by atoms with Crippen LogP contribution in [0, 0.1) is 22.2 Å². The van der Waals surface area contributed by atoms with Crippen LogP contribution in [0.5, 0.6) is 11.5 Å². The first-order chi connectivity index (χ1) is 22.1. The molecule has 0 unspecified atom stereocenters. The van der Waals surface area contributed by atoms with Crippen LogP contribution in [0.25, 0.3) is 0 Å². The van der Waals surface area contributed by atoms with Gasteiger partial charge in [0.05, 0.1) is 42.6 Å². The Kier molecular flexibility index (Phi) is 10.2. The van der Waals surface area contributed by atoms with Crippen molar-refractivity contribution in [2.75, 3.05) is 26.4 Å². The van der Waals surface area contributed by atoms with E-state index in [4.69, 9.17) is 35.8 Å². The van der Waals surface area contributed by atoms with Crippen LogP contribution < -0.4 is 20.1 Å². The summed E-state index contributed by atoms with van der Waals surface area (Å²) in [4.78, 5) is 24.3. The number of ether oxygens (including phenoxy) is 4. The standard InChI is InChI=1S/C36H40ClN3O6/c1-35(2)33(36(3,4)34(35)46-27-14-11-25(21-38)29(37)20-27)40-32(42)23-9-12-26(13-10-23)44-17-15-43-16-18-45-30-19-24-7-5-6-8-28(24)31(30)39-22-41/h5-14,20,22,30-31,33-34H,15-19H2,1-4H3,(H,39,41)(H,40,42)/t30-,31+,33-,34-/m1/s1. The predicted molar refractivity (Wildman–Crippen MR) is 174 cm³/mol. The molecule has 5 rings (SSSR count). The average molecular weight is 646 g/mol.